The predicted octanol–water partition coefficient (Wildman–Crippen LogP) is 1.80. The first-order chi connectivity index (χ1) is 9.52. The molecule has 1 aromatic rings. The van der Waals surface area contributed by atoms with Crippen LogP contribution in [-0.4, -0.2) is 35.0 Å². The number of carbonyl (C=O) groups excluding carboxylic acids is 1. The number of hydrogen-bond acceptors (Lipinski definition) is 4. The summed E-state index contributed by atoms with van der Waals surface area (Å²) in [5, 5.41) is 11.3. The number of carbonyl (C=O) groups is 2. The first-order valence-electron chi connectivity index (χ1n) is 6.09. The van der Waals surface area contributed by atoms with Gasteiger partial charge in [0.1, 0.15) is 0 Å². The van der Waals surface area contributed by atoms with Crippen LogP contribution in [0.15, 0.2) is 30.3 Å². The average Bonchev–Trinajstić information content (AvgIpc) is 2.42. The lowest BCUT2D eigenvalue weighted by molar-refractivity contribution is -0.131. The summed E-state index contributed by atoms with van der Waals surface area (Å²) in [5.41, 5.74) is 7.07. The van der Waals surface area contributed by atoms with Gasteiger partial charge in [-0.1, -0.05) is 12.1 Å². The van der Waals surface area contributed by atoms with Crippen molar-refractivity contribution in [1.82, 2.24) is 0 Å². The highest BCUT2D eigenvalue weighted by molar-refractivity contribution is 7.98. The van der Waals surface area contributed by atoms with Gasteiger partial charge in [0.15, 0.2) is 0 Å². The van der Waals surface area contributed by atoms with Crippen molar-refractivity contribution in [2.45, 2.75) is 12.5 Å². The molecular weight excluding hydrogens is 276 g/mol. The van der Waals surface area contributed by atoms with Crippen LogP contribution in [0.5, 0.6) is 0 Å². The van der Waals surface area contributed by atoms with Gasteiger partial charge in [-0.3, -0.25) is 4.79 Å². The lowest BCUT2D eigenvalue weighted by atomic mass is 10.1. The summed E-state index contributed by atoms with van der Waals surface area (Å²) in [4.78, 5) is 22.3. The fourth-order valence-electron chi connectivity index (χ4n) is 1.50. The summed E-state index contributed by atoms with van der Waals surface area (Å²) < 4.78 is 0. The number of amides is 1. The predicted molar refractivity (Wildman–Crippen MR) is 82.7 cm³/mol. The third kappa shape index (κ3) is 5.90. The van der Waals surface area contributed by atoms with Crippen molar-refractivity contribution in [2.75, 3.05) is 17.3 Å². The Labute approximate surface area is 122 Å². The summed E-state index contributed by atoms with van der Waals surface area (Å²) in [6, 6.07) is 6.38. The van der Waals surface area contributed by atoms with E-state index >= 15 is 0 Å². The van der Waals surface area contributed by atoms with E-state index in [4.69, 9.17) is 10.8 Å². The van der Waals surface area contributed by atoms with E-state index in [0.717, 1.165) is 11.8 Å². The molecule has 0 saturated heterocycles. The van der Waals surface area contributed by atoms with Gasteiger partial charge in [-0.25, -0.2) is 4.79 Å². The van der Waals surface area contributed by atoms with E-state index in [0.29, 0.717) is 17.7 Å². The largest absolute Gasteiger partial charge is 0.478 e. The van der Waals surface area contributed by atoms with Crippen molar-refractivity contribution in [3.05, 3.63) is 35.9 Å². The van der Waals surface area contributed by atoms with Gasteiger partial charge in [0, 0.05) is 11.8 Å². The Morgan fingerprint density at radius 3 is 2.90 bits per heavy atom. The number of thioether (sulfide) groups is 1. The molecule has 108 valence electrons. The molecule has 0 aromatic heterocycles. The Morgan fingerprint density at radius 1 is 1.50 bits per heavy atom. The van der Waals surface area contributed by atoms with Crippen molar-refractivity contribution in [3.8, 4) is 0 Å². The molecule has 1 rings (SSSR count). The molecule has 0 saturated carbocycles. The van der Waals surface area contributed by atoms with Crippen LogP contribution in [-0.2, 0) is 9.59 Å². The van der Waals surface area contributed by atoms with Gasteiger partial charge < -0.3 is 16.2 Å². The van der Waals surface area contributed by atoms with Crippen LogP contribution in [0.2, 0.25) is 0 Å². The zero-order valence-electron chi connectivity index (χ0n) is 11.2. The number of benzene rings is 1. The molecule has 20 heavy (non-hydrogen) atoms. The zero-order valence-corrected chi connectivity index (χ0v) is 12.0. The number of rotatable bonds is 7. The van der Waals surface area contributed by atoms with E-state index in [1.807, 2.05) is 6.26 Å². The minimum absolute atomic E-state index is 0.238. The molecule has 4 N–H and O–H groups in total. The van der Waals surface area contributed by atoms with Crippen molar-refractivity contribution in [3.63, 3.8) is 0 Å². The number of nitrogens with two attached hydrogens (primary N) is 1. The van der Waals surface area contributed by atoms with Crippen LogP contribution in [0, 0.1) is 0 Å². The molecule has 0 bridgehead atoms. The smallest absolute Gasteiger partial charge is 0.328 e. The minimum atomic E-state index is -1.02. The minimum Gasteiger partial charge on any atom is -0.478 e. The van der Waals surface area contributed by atoms with Crippen LogP contribution in [0.4, 0.5) is 5.69 Å². The molecule has 1 amide bonds. The van der Waals surface area contributed by atoms with Crippen molar-refractivity contribution in [2.24, 2.45) is 5.73 Å². The van der Waals surface area contributed by atoms with Gasteiger partial charge in [-0.05, 0) is 42.2 Å². The lowest BCUT2D eigenvalue weighted by Gasteiger charge is -2.11. The van der Waals surface area contributed by atoms with Gasteiger partial charge in [0.2, 0.25) is 5.91 Å². The lowest BCUT2D eigenvalue weighted by Crippen LogP contribution is -2.36. The maximum absolute atomic E-state index is 11.8. The molecule has 0 unspecified atom stereocenters. The fourth-order valence-corrected chi connectivity index (χ4v) is 1.99. The zero-order chi connectivity index (χ0) is 15.0. The second-order valence-corrected chi connectivity index (χ2v) is 5.16. The molecule has 6 heteroatoms. The number of hydrogen-bond donors (Lipinski definition) is 3. The first-order valence-corrected chi connectivity index (χ1v) is 7.48. The topological polar surface area (TPSA) is 92.4 Å². The summed E-state index contributed by atoms with van der Waals surface area (Å²) in [6.07, 6.45) is 5.09. The standard InChI is InChI=1S/C14H18N2O3S/c1-20-8-7-12(15)14(19)16-11-4-2-3-10(9-11)5-6-13(17)18/h2-6,9,12H,7-8,15H2,1H3,(H,16,19)(H,17,18)/b6-5+/t12-/m0/s1. The highest BCUT2D eigenvalue weighted by Crippen LogP contribution is 2.12. The monoisotopic (exact) mass is 294 g/mol. The molecule has 0 radical (unpaired) electrons. The second kappa shape index (κ2) is 8.39. The quantitative estimate of drug-likeness (QED) is 0.667. The van der Waals surface area contributed by atoms with Gasteiger partial charge in [0.25, 0.3) is 0 Å². The summed E-state index contributed by atoms with van der Waals surface area (Å²) >= 11 is 1.64. The van der Waals surface area contributed by atoms with Crippen LogP contribution in [0.25, 0.3) is 6.08 Å². The Bertz CT molecular complexity index is 503. The average molecular weight is 294 g/mol. The molecule has 0 fully saturated rings. The maximum atomic E-state index is 11.8. The van der Waals surface area contributed by atoms with Crippen LogP contribution in [0.1, 0.15) is 12.0 Å². The Kier molecular flexibility index (Phi) is 6.83. The van der Waals surface area contributed by atoms with E-state index in [-0.39, 0.29) is 5.91 Å². The Morgan fingerprint density at radius 2 is 2.25 bits per heavy atom. The second-order valence-electron chi connectivity index (χ2n) is 4.17. The van der Waals surface area contributed by atoms with Crippen molar-refractivity contribution in [1.29, 1.82) is 0 Å². The summed E-state index contributed by atoms with van der Waals surface area (Å²) in [7, 11) is 0. The van der Waals surface area contributed by atoms with Gasteiger partial charge in [-0.15, -0.1) is 0 Å². The van der Waals surface area contributed by atoms with E-state index in [1.54, 1.807) is 36.0 Å². The normalized spacial score (nSPS) is 12.3. The highest BCUT2D eigenvalue weighted by Gasteiger charge is 2.12. The molecule has 0 aliphatic rings. The fraction of sp³-hybridized carbons (Fsp3) is 0.286. The van der Waals surface area contributed by atoms with E-state index in [1.165, 1.54) is 6.08 Å². The molecule has 5 nitrogen and oxygen atoms in total. The Hall–Kier alpha value is -1.79. The summed E-state index contributed by atoms with van der Waals surface area (Å²) in [5.74, 6) is -0.423. The van der Waals surface area contributed by atoms with Crippen LogP contribution >= 0.6 is 11.8 Å². The number of anilines is 1. The molecule has 0 spiro atoms. The molecule has 1 aromatic carbocycles. The number of nitrogens with one attached hydrogen (secondary N) is 1. The third-order valence-corrected chi connectivity index (χ3v) is 3.19. The van der Waals surface area contributed by atoms with Gasteiger partial charge in [-0.2, -0.15) is 11.8 Å². The Balaban J connectivity index is 2.66. The van der Waals surface area contributed by atoms with E-state index in [9.17, 15) is 9.59 Å². The van der Waals surface area contributed by atoms with Gasteiger partial charge in [0.05, 0.1) is 6.04 Å². The SMILES string of the molecule is CSCC[C@H](N)C(=O)Nc1cccc(/C=C/C(=O)O)c1. The van der Waals surface area contributed by atoms with E-state index in [2.05, 4.69) is 5.32 Å². The molecule has 1 atom stereocenters. The molecule has 0 aliphatic carbocycles. The third-order valence-electron chi connectivity index (χ3n) is 2.54. The highest BCUT2D eigenvalue weighted by atomic mass is 32.2. The molecule has 0 heterocycles. The molecular formula is C14H18N2O3S. The number of carboxylic acid groups (broad SMARTS) is 1. The van der Waals surface area contributed by atoms with Crippen LogP contribution in [0.3, 0.4) is 0 Å². The van der Waals surface area contributed by atoms with E-state index < -0.39 is 12.0 Å². The number of aliphatic carboxylic acids is 1. The summed E-state index contributed by atoms with van der Waals surface area (Å²) in [6.45, 7) is 0. The van der Waals surface area contributed by atoms with Gasteiger partial charge >= 0.3 is 5.97 Å². The number of carboxylic acids is 1. The maximum Gasteiger partial charge on any atom is 0.328 e. The van der Waals surface area contributed by atoms with Crippen molar-refractivity contribution >= 4 is 35.4 Å². The first kappa shape index (κ1) is 16.3. The van der Waals surface area contributed by atoms with Crippen LogP contribution < -0.4 is 11.1 Å². The van der Waals surface area contributed by atoms with Crippen molar-refractivity contribution < 1.29 is 14.7 Å². The molecule has 0 aliphatic heterocycles.